The first-order chi connectivity index (χ1) is 11.3. The highest BCUT2D eigenvalue weighted by Crippen LogP contribution is 2.15. The molecule has 0 bridgehead atoms. The zero-order valence-electron chi connectivity index (χ0n) is 15.0. The molecular weight excluding hydrogens is 310 g/mol. The van der Waals surface area contributed by atoms with Gasteiger partial charge in [0.2, 0.25) is 5.91 Å². The standard InChI is InChI=1S/C18H29NO5/c1-5-6-7-8-9-14(3)23-17(21)10-13(2)18(22)24-16-11-19(12-16)15(4)20/h14,16H,2,5-12H2,1,3-4H3/t14-/m1/s1. The third kappa shape index (κ3) is 7.15. The number of nitrogens with zero attached hydrogens (tertiary/aromatic N) is 1. The summed E-state index contributed by atoms with van der Waals surface area (Å²) in [5, 5.41) is 0. The van der Waals surface area contributed by atoms with E-state index in [9.17, 15) is 14.4 Å². The van der Waals surface area contributed by atoms with E-state index in [1.54, 1.807) is 4.90 Å². The number of ether oxygens (including phenoxy) is 2. The molecule has 0 spiro atoms. The van der Waals surface area contributed by atoms with Crippen LogP contribution < -0.4 is 0 Å². The molecule has 0 unspecified atom stereocenters. The van der Waals surface area contributed by atoms with Crippen LogP contribution in [-0.2, 0) is 23.9 Å². The fraction of sp³-hybridized carbons (Fsp3) is 0.722. The van der Waals surface area contributed by atoms with Crippen molar-refractivity contribution >= 4 is 17.8 Å². The second-order valence-electron chi connectivity index (χ2n) is 6.38. The lowest BCUT2D eigenvalue weighted by Crippen LogP contribution is -2.54. The van der Waals surface area contributed by atoms with E-state index in [-0.39, 0.29) is 30.1 Å². The lowest BCUT2D eigenvalue weighted by Gasteiger charge is -2.37. The summed E-state index contributed by atoms with van der Waals surface area (Å²) in [6.07, 6.45) is 4.70. The normalized spacial score (nSPS) is 15.4. The van der Waals surface area contributed by atoms with Crippen LogP contribution in [0.25, 0.3) is 0 Å². The largest absolute Gasteiger partial charge is 0.462 e. The predicted octanol–water partition coefficient (Wildman–Crippen LogP) is 2.61. The summed E-state index contributed by atoms with van der Waals surface area (Å²) in [5.74, 6) is -1.10. The number of likely N-dealkylation sites (tertiary alicyclic amines) is 1. The molecule has 1 saturated heterocycles. The van der Waals surface area contributed by atoms with E-state index in [4.69, 9.17) is 9.47 Å². The number of esters is 2. The molecule has 0 N–H and O–H groups in total. The molecule has 1 heterocycles. The van der Waals surface area contributed by atoms with Crippen LogP contribution in [0.2, 0.25) is 0 Å². The van der Waals surface area contributed by atoms with Gasteiger partial charge in [0.05, 0.1) is 25.6 Å². The van der Waals surface area contributed by atoms with E-state index in [0.717, 1.165) is 19.3 Å². The molecule has 1 amide bonds. The fourth-order valence-electron chi connectivity index (χ4n) is 2.43. The van der Waals surface area contributed by atoms with Crippen molar-refractivity contribution in [3.05, 3.63) is 12.2 Å². The molecule has 1 aliphatic heterocycles. The van der Waals surface area contributed by atoms with Crippen LogP contribution in [0.1, 0.15) is 59.3 Å². The van der Waals surface area contributed by atoms with Crippen molar-refractivity contribution in [3.63, 3.8) is 0 Å². The Morgan fingerprint density at radius 1 is 1.21 bits per heavy atom. The van der Waals surface area contributed by atoms with E-state index in [1.807, 2.05) is 6.92 Å². The quantitative estimate of drug-likeness (QED) is 0.347. The van der Waals surface area contributed by atoms with Crippen LogP contribution in [0.4, 0.5) is 0 Å². The number of rotatable bonds is 10. The van der Waals surface area contributed by atoms with Gasteiger partial charge in [0.25, 0.3) is 0 Å². The molecular formula is C18H29NO5. The molecule has 6 heteroatoms. The van der Waals surface area contributed by atoms with Gasteiger partial charge in [-0.15, -0.1) is 0 Å². The Morgan fingerprint density at radius 3 is 2.46 bits per heavy atom. The number of amides is 1. The molecule has 0 aromatic heterocycles. The molecule has 0 radical (unpaired) electrons. The smallest absolute Gasteiger partial charge is 0.334 e. The fourth-order valence-corrected chi connectivity index (χ4v) is 2.43. The molecule has 24 heavy (non-hydrogen) atoms. The maximum absolute atomic E-state index is 11.9. The second kappa shape index (κ2) is 10.1. The summed E-state index contributed by atoms with van der Waals surface area (Å²) >= 11 is 0. The van der Waals surface area contributed by atoms with E-state index < -0.39 is 11.9 Å². The molecule has 6 nitrogen and oxygen atoms in total. The van der Waals surface area contributed by atoms with Crippen molar-refractivity contribution < 1.29 is 23.9 Å². The van der Waals surface area contributed by atoms with Gasteiger partial charge in [0, 0.05) is 12.5 Å². The highest BCUT2D eigenvalue weighted by Gasteiger charge is 2.32. The average molecular weight is 339 g/mol. The molecule has 0 aromatic rings. The van der Waals surface area contributed by atoms with Crippen LogP contribution >= 0.6 is 0 Å². The maximum atomic E-state index is 11.9. The first-order valence-corrected chi connectivity index (χ1v) is 8.67. The third-order valence-electron chi connectivity index (χ3n) is 4.01. The number of unbranched alkanes of at least 4 members (excludes halogenated alkanes) is 3. The van der Waals surface area contributed by atoms with Crippen LogP contribution in [0.15, 0.2) is 12.2 Å². The summed E-state index contributed by atoms with van der Waals surface area (Å²) in [6, 6.07) is 0. The lowest BCUT2D eigenvalue weighted by molar-refractivity contribution is -0.160. The molecule has 0 saturated carbocycles. The Labute approximate surface area is 144 Å². The Balaban J connectivity index is 2.20. The number of carbonyl (C=O) groups excluding carboxylic acids is 3. The molecule has 0 aromatic carbocycles. The number of hydrogen-bond acceptors (Lipinski definition) is 5. The van der Waals surface area contributed by atoms with Crippen LogP contribution in [0, 0.1) is 0 Å². The van der Waals surface area contributed by atoms with Gasteiger partial charge >= 0.3 is 11.9 Å². The molecule has 1 fully saturated rings. The first kappa shape index (κ1) is 20.2. The van der Waals surface area contributed by atoms with Crippen molar-refractivity contribution in [2.45, 2.75) is 71.5 Å². The highest BCUT2D eigenvalue weighted by atomic mass is 16.6. The van der Waals surface area contributed by atoms with Crippen molar-refractivity contribution in [2.75, 3.05) is 13.1 Å². The van der Waals surface area contributed by atoms with E-state index in [2.05, 4.69) is 13.5 Å². The lowest BCUT2D eigenvalue weighted by atomic mass is 10.1. The highest BCUT2D eigenvalue weighted by molar-refractivity contribution is 5.93. The van der Waals surface area contributed by atoms with Gasteiger partial charge in [-0.25, -0.2) is 4.79 Å². The maximum Gasteiger partial charge on any atom is 0.334 e. The minimum Gasteiger partial charge on any atom is -0.462 e. The summed E-state index contributed by atoms with van der Waals surface area (Å²) in [4.78, 5) is 36.3. The van der Waals surface area contributed by atoms with Crippen LogP contribution in [-0.4, -0.2) is 48.0 Å². The minimum atomic E-state index is -0.601. The summed E-state index contributed by atoms with van der Waals surface area (Å²) in [6.45, 7) is 9.86. The van der Waals surface area contributed by atoms with Crippen molar-refractivity contribution in [2.24, 2.45) is 0 Å². The Hall–Kier alpha value is -1.85. The van der Waals surface area contributed by atoms with Gasteiger partial charge in [-0.05, 0) is 19.8 Å². The molecule has 1 rings (SSSR count). The van der Waals surface area contributed by atoms with Crippen LogP contribution in [0.3, 0.4) is 0 Å². The van der Waals surface area contributed by atoms with Crippen molar-refractivity contribution in [1.82, 2.24) is 4.90 Å². The summed E-state index contributed by atoms with van der Waals surface area (Å²) in [7, 11) is 0. The van der Waals surface area contributed by atoms with E-state index in [1.165, 1.54) is 19.8 Å². The number of hydrogen-bond donors (Lipinski definition) is 0. The zero-order chi connectivity index (χ0) is 18.1. The molecule has 1 aliphatic rings. The molecule has 0 aliphatic carbocycles. The summed E-state index contributed by atoms with van der Waals surface area (Å²) in [5.41, 5.74) is 0.0828. The van der Waals surface area contributed by atoms with Crippen LogP contribution in [0.5, 0.6) is 0 Å². The second-order valence-corrected chi connectivity index (χ2v) is 6.38. The third-order valence-corrected chi connectivity index (χ3v) is 4.01. The summed E-state index contributed by atoms with van der Waals surface area (Å²) < 4.78 is 10.5. The van der Waals surface area contributed by atoms with Gasteiger partial charge in [0.15, 0.2) is 0 Å². The van der Waals surface area contributed by atoms with E-state index in [0.29, 0.717) is 13.1 Å². The average Bonchev–Trinajstić information content (AvgIpc) is 2.45. The van der Waals surface area contributed by atoms with Crippen molar-refractivity contribution in [1.29, 1.82) is 0 Å². The zero-order valence-corrected chi connectivity index (χ0v) is 15.0. The Bertz CT molecular complexity index is 468. The van der Waals surface area contributed by atoms with E-state index >= 15 is 0 Å². The van der Waals surface area contributed by atoms with Gasteiger partial charge in [-0.2, -0.15) is 0 Å². The predicted molar refractivity (Wildman–Crippen MR) is 90.2 cm³/mol. The van der Waals surface area contributed by atoms with Gasteiger partial charge in [0.1, 0.15) is 6.10 Å². The minimum absolute atomic E-state index is 0.0439. The Morgan fingerprint density at radius 2 is 1.88 bits per heavy atom. The monoisotopic (exact) mass is 339 g/mol. The molecule has 136 valence electrons. The SMILES string of the molecule is C=C(CC(=O)O[C@H](C)CCCCCC)C(=O)OC1CN(C(C)=O)C1. The number of carbonyl (C=O) groups is 3. The molecule has 1 atom stereocenters. The first-order valence-electron chi connectivity index (χ1n) is 8.67. The van der Waals surface area contributed by atoms with Gasteiger partial charge < -0.3 is 14.4 Å². The van der Waals surface area contributed by atoms with Crippen molar-refractivity contribution in [3.8, 4) is 0 Å². The topological polar surface area (TPSA) is 72.9 Å². The van der Waals surface area contributed by atoms with Gasteiger partial charge in [-0.3, -0.25) is 9.59 Å². The Kier molecular flexibility index (Phi) is 8.50. The van der Waals surface area contributed by atoms with Gasteiger partial charge in [-0.1, -0.05) is 32.8 Å².